The lowest BCUT2D eigenvalue weighted by atomic mass is 10.1. The first-order valence-corrected chi connectivity index (χ1v) is 4.83. The first kappa shape index (κ1) is 10.1. The summed E-state index contributed by atoms with van der Waals surface area (Å²) in [6.07, 6.45) is 5.03. The Labute approximate surface area is 79.4 Å². The number of hydrogen-bond donors (Lipinski definition) is 0. The second-order valence-corrected chi connectivity index (χ2v) is 3.32. The molecule has 0 saturated carbocycles. The van der Waals surface area contributed by atoms with Crippen LogP contribution in [-0.4, -0.2) is 24.1 Å². The molecule has 1 rings (SSSR count). The molecule has 0 radical (unpaired) electrons. The normalized spacial score (nSPS) is 18.6. The number of nitrogens with zero attached hydrogens (tertiary/aromatic N) is 1. The number of ether oxygens (including phenoxy) is 1. The van der Waals surface area contributed by atoms with Crippen LogP contribution < -0.4 is 0 Å². The van der Waals surface area contributed by atoms with Crippen LogP contribution in [0.15, 0.2) is 11.8 Å². The lowest BCUT2D eigenvalue weighted by Gasteiger charge is -2.25. The van der Waals surface area contributed by atoms with Gasteiger partial charge in [-0.2, -0.15) is 0 Å². The van der Waals surface area contributed by atoms with Crippen LogP contribution in [0.25, 0.3) is 0 Å². The standard InChI is InChI=1S/C10H17NO2/c1-3-9(2)13-10(12)11-7-5-4-6-8-11/h3H,4-8H2,1-2H3/b9-3+. The van der Waals surface area contributed by atoms with Crippen molar-refractivity contribution in [2.45, 2.75) is 33.1 Å². The van der Waals surface area contributed by atoms with Crippen LogP contribution in [0, 0.1) is 0 Å². The fraction of sp³-hybridized carbons (Fsp3) is 0.700. The van der Waals surface area contributed by atoms with Gasteiger partial charge in [0, 0.05) is 13.1 Å². The maximum Gasteiger partial charge on any atom is 0.414 e. The number of likely N-dealkylation sites (tertiary alicyclic amines) is 1. The Hall–Kier alpha value is -0.990. The van der Waals surface area contributed by atoms with Gasteiger partial charge in [-0.1, -0.05) is 0 Å². The molecular formula is C10H17NO2. The molecule has 0 unspecified atom stereocenters. The van der Waals surface area contributed by atoms with Gasteiger partial charge in [-0.3, -0.25) is 0 Å². The Morgan fingerprint density at radius 3 is 2.46 bits per heavy atom. The van der Waals surface area contributed by atoms with Crippen LogP contribution in [0.1, 0.15) is 33.1 Å². The predicted octanol–water partition coefficient (Wildman–Crippen LogP) is 2.53. The van der Waals surface area contributed by atoms with Crippen LogP contribution in [0.5, 0.6) is 0 Å². The molecule has 13 heavy (non-hydrogen) atoms. The molecule has 74 valence electrons. The van der Waals surface area contributed by atoms with E-state index >= 15 is 0 Å². The molecule has 0 spiro atoms. The Bertz CT molecular complexity index is 205. The summed E-state index contributed by atoms with van der Waals surface area (Å²) in [6, 6.07) is 0. The molecule has 3 nitrogen and oxygen atoms in total. The van der Waals surface area contributed by atoms with Crippen LogP contribution in [-0.2, 0) is 4.74 Å². The maximum atomic E-state index is 11.4. The monoisotopic (exact) mass is 183 g/mol. The molecule has 3 heteroatoms. The van der Waals surface area contributed by atoms with Crippen molar-refractivity contribution in [1.29, 1.82) is 0 Å². The summed E-state index contributed by atoms with van der Waals surface area (Å²) in [5, 5.41) is 0. The summed E-state index contributed by atoms with van der Waals surface area (Å²) in [4.78, 5) is 13.2. The summed E-state index contributed by atoms with van der Waals surface area (Å²) >= 11 is 0. The Kier molecular flexibility index (Phi) is 3.80. The number of carbonyl (C=O) groups excluding carboxylic acids is 1. The third-order valence-corrected chi connectivity index (χ3v) is 2.27. The molecule has 1 amide bonds. The van der Waals surface area contributed by atoms with E-state index in [4.69, 9.17) is 4.74 Å². The molecule has 1 heterocycles. The number of hydrogen-bond acceptors (Lipinski definition) is 2. The van der Waals surface area contributed by atoms with Crippen molar-refractivity contribution in [1.82, 2.24) is 4.90 Å². The van der Waals surface area contributed by atoms with E-state index in [-0.39, 0.29) is 6.09 Å². The predicted molar refractivity (Wildman–Crippen MR) is 51.3 cm³/mol. The zero-order chi connectivity index (χ0) is 9.68. The van der Waals surface area contributed by atoms with Gasteiger partial charge >= 0.3 is 6.09 Å². The molecule has 1 aliphatic rings. The van der Waals surface area contributed by atoms with Crippen LogP contribution in [0.3, 0.4) is 0 Å². The molecule has 1 saturated heterocycles. The topological polar surface area (TPSA) is 29.5 Å². The Morgan fingerprint density at radius 2 is 1.92 bits per heavy atom. The minimum absolute atomic E-state index is 0.199. The zero-order valence-corrected chi connectivity index (χ0v) is 8.38. The second-order valence-electron chi connectivity index (χ2n) is 3.32. The molecule has 0 aliphatic carbocycles. The molecule has 0 N–H and O–H groups in total. The summed E-state index contributed by atoms with van der Waals surface area (Å²) in [5.74, 6) is 0.676. The van der Waals surface area contributed by atoms with E-state index in [9.17, 15) is 4.79 Å². The minimum atomic E-state index is -0.199. The van der Waals surface area contributed by atoms with E-state index < -0.39 is 0 Å². The Balaban J connectivity index is 2.37. The minimum Gasteiger partial charge on any atom is -0.415 e. The van der Waals surface area contributed by atoms with Gasteiger partial charge in [-0.15, -0.1) is 0 Å². The van der Waals surface area contributed by atoms with Crippen molar-refractivity contribution in [3.63, 3.8) is 0 Å². The lowest BCUT2D eigenvalue weighted by molar-refractivity contribution is 0.120. The average molecular weight is 183 g/mol. The second kappa shape index (κ2) is 4.90. The lowest BCUT2D eigenvalue weighted by Crippen LogP contribution is -2.35. The van der Waals surface area contributed by atoms with Gasteiger partial charge in [-0.25, -0.2) is 4.79 Å². The quantitative estimate of drug-likeness (QED) is 0.585. The number of piperidine rings is 1. The number of amides is 1. The van der Waals surface area contributed by atoms with Crippen molar-refractivity contribution in [2.75, 3.05) is 13.1 Å². The Morgan fingerprint density at radius 1 is 1.31 bits per heavy atom. The third kappa shape index (κ3) is 3.09. The van der Waals surface area contributed by atoms with Gasteiger partial charge in [0.05, 0.1) is 0 Å². The highest BCUT2D eigenvalue weighted by Gasteiger charge is 2.17. The number of rotatable bonds is 1. The van der Waals surface area contributed by atoms with E-state index in [0.29, 0.717) is 5.76 Å². The van der Waals surface area contributed by atoms with Gasteiger partial charge in [0.2, 0.25) is 0 Å². The van der Waals surface area contributed by atoms with E-state index in [2.05, 4.69) is 0 Å². The zero-order valence-electron chi connectivity index (χ0n) is 8.38. The van der Waals surface area contributed by atoms with Gasteiger partial charge < -0.3 is 9.64 Å². The molecule has 0 aromatic heterocycles. The summed E-state index contributed by atoms with van der Waals surface area (Å²) < 4.78 is 5.09. The van der Waals surface area contributed by atoms with Crippen molar-refractivity contribution >= 4 is 6.09 Å². The summed E-state index contributed by atoms with van der Waals surface area (Å²) in [7, 11) is 0. The molecular weight excluding hydrogens is 166 g/mol. The van der Waals surface area contributed by atoms with Crippen LogP contribution in [0.4, 0.5) is 4.79 Å². The van der Waals surface area contributed by atoms with Crippen LogP contribution in [0.2, 0.25) is 0 Å². The first-order chi connectivity index (χ1) is 6.24. The SMILES string of the molecule is C/C=C(\C)OC(=O)N1CCCCC1. The largest absolute Gasteiger partial charge is 0.415 e. The highest BCUT2D eigenvalue weighted by Crippen LogP contribution is 2.11. The molecule has 0 bridgehead atoms. The molecule has 0 aromatic carbocycles. The fourth-order valence-electron chi connectivity index (χ4n) is 1.34. The third-order valence-electron chi connectivity index (χ3n) is 2.27. The molecule has 1 aliphatic heterocycles. The van der Waals surface area contributed by atoms with Crippen molar-refractivity contribution in [3.05, 3.63) is 11.8 Å². The number of allylic oxidation sites excluding steroid dienone is 2. The first-order valence-electron chi connectivity index (χ1n) is 4.83. The number of carbonyl (C=O) groups is 1. The highest BCUT2D eigenvalue weighted by molar-refractivity contribution is 5.68. The molecule has 0 aromatic rings. The fourth-order valence-corrected chi connectivity index (χ4v) is 1.34. The van der Waals surface area contributed by atoms with Gasteiger partial charge in [0.1, 0.15) is 5.76 Å². The van der Waals surface area contributed by atoms with Gasteiger partial charge in [0.15, 0.2) is 0 Å². The maximum absolute atomic E-state index is 11.4. The summed E-state index contributed by atoms with van der Waals surface area (Å²) in [5.41, 5.74) is 0. The van der Waals surface area contributed by atoms with Crippen molar-refractivity contribution in [2.24, 2.45) is 0 Å². The van der Waals surface area contributed by atoms with Gasteiger partial charge in [0.25, 0.3) is 0 Å². The van der Waals surface area contributed by atoms with E-state index in [1.165, 1.54) is 6.42 Å². The summed E-state index contributed by atoms with van der Waals surface area (Å²) in [6.45, 7) is 5.34. The smallest absolute Gasteiger partial charge is 0.414 e. The molecule has 0 atom stereocenters. The van der Waals surface area contributed by atoms with E-state index in [0.717, 1.165) is 25.9 Å². The van der Waals surface area contributed by atoms with Gasteiger partial charge in [-0.05, 0) is 39.2 Å². The van der Waals surface area contributed by atoms with E-state index in [1.54, 1.807) is 17.9 Å². The van der Waals surface area contributed by atoms with Crippen LogP contribution >= 0.6 is 0 Å². The van der Waals surface area contributed by atoms with Crippen molar-refractivity contribution < 1.29 is 9.53 Å². The average Bonchev–Trinajstić information content (AvgIpc) is 2.19. The van der Waals surface area contributed by atoms with E-state index in [1.807, 2.05) is 6.92 Å². The highest BCUT2D eigenvalue weighted by atomic mass is 16.6. The molecule has 1 fully saturated rings. The van der Waals surface area contributed by atoms with Crippen molar-refractivity contribution in [3.8, 4) is 0 Å².